The van der Waals surface area contributed by atoms with Gasteiger partial charge in [0, 0.05) is 12.6 Å². The highest BCUT2D eigenvalue weighted by atomic mass is 19.4. The molecule has 0 unspecified atom stereocenters. The molecule has 1 aromatic heterocycles. The number of carbonyl (C=O) groups is 2. The normalized spacial score (nSPS) is 14.8. The summed E-state index contributed by atoms with van der Waals surface area (Å²) in [6.45, 7) is 1.61. The van der Waals surface area contributed by atoms with Crippen molar-refractivity contribution in [3.63, 3.8) is 0 Å². The van der Waals surface area contributed by atoms with Crippen molar-refractivity contribution in [3.05, 3.63) is 93.8 Å². The SMILES string of the molecule is O=C[B]N1CCC(c2ccc(Cc3ncc(C(F)(F)F)c(CCc4cc(F)ccc4CC(=O)O)n3)cc2)CC1. The Labute approximate surface area is 224 Å². The second-order valence-corrected chi connectivity index (χ2v) is 9.64. The van der Waals surface area contributed by atoms with Crippen LogP contribution in [0.1, 0.15) is 58.1 Å². The fraction of sp³-hybridized carbons (Fsp3) is 0.357. The highest BCUT2D eigenvalue weighted by Gasteiger charge is 2.35. The number of aryl methyl sites for hydroxylation is 2. The molecule has 2 aromatic carbocycles. The van der Waals surface area contributed by atoms with E-state index in [2.05, 4.69) is 9.97 Å². The Hall–Kier alpha value is -3.60. The second kappa shape index (κ2) is 12.5. The molecule has 0 bridgehead atoms. The molecule has 6 nitrogen and oxygen atoms in total. The van der Waals surface area contributed by atoms with Crippen molar-refractivity contribution >= 4 is 19.6 Å². The Bertz CT molecular complexity index is 1310. The Morgan fingerprint density at radius 1 is 1.08 bits per heavy atom. The predicted octanol–water partition coefficient (Wildman–Crippen LogP) is 4.63. The summed E-state index contributed by atoms with van der Waals surface area (Å²) in [6, 6.07) is 11.5. The fourth-order valence-corrected chi connectivity index (χ4v) is 4.94. The number of hydrogen-bond acceptors (Lipinski definition) is 5. The molecule has 1 aliphatic heterocycles. The van der Waals surface area contributed by atoms with E-state index in [1.165, 1.54) is 11.6 Å². The Morgan fingerprint density at radius 3 is 2.44 bits per heavy atom. The topological polar surface area (TPSA) is 83.4 Å². The van der Waals surface area contributed by atoms with Crippen LogP contribution >= 0.6 is 0 Å². The number of carbonyl (C=O) groups excluding carboxylic acids is 1. The zero-order chi connectivity index (χ0) is 28.0. The van der Waals surface area contributed by atoms with E-state index >= 15 is 0 Å². The van der Waals surface area contributed by atoms with E-state index in [1.54, 1.807) is 7.41 Å². The molecule has 1 saturated heterocycles. The number of aliphatic carboxylic acids is 1. The maximum Gasteiger partial charge on any atom is 0.419 e. The average molecular weight is 540 g/mol. The van der Waals surface area contributed by atoms with Crippen molar-refractivity contribution < 1.29 is 32.3 Å². The van der Waals surface area contributed by atoms with Crippen LogP contribution in [0.2, 0.25) is 0 Å². The highest BCUT2D eigenvalue weighted by molar-refractivity contribution is 6.64. The maximum atomic E-state index is 13.8. The number of carboxylic acid groups (broad SMARTS) is 1. The number of alkyl halides is 3. The zero-order valence-corrected chi connectivity index (χ0v) is 21.1. The van der Waals surface area contributed by atoms with Gasteiger partial charge in [0.25, 0.3) is 7.41 Å². The number of piperidine rings is 1. The third-order valence-electron chi connectivity index (χ3n) is 6.98. The van der Waals surface area contributed by atoms with Gasteiger partial charge in [-0.2, -0.15) is 13.2 Å². The van der Waals surface area contributed by atoms with Gasteiger partial charge in [-0.15, -0.1) is 0 Å². The van der Waals surface area contributed by atoms with E-state index in [0.29, 0.717) is 17.0 Å². The van der Waals surface area contributed by atoms with Crippen LogP contribution in [0.15, 0.2) is 48.7 Å². The van der Waals surface area contributed by atoms with Gasteiger partial charge in [0.1, 0.15) is 11.6 Å². The van der Waals surface area contributed by atoms with Crippen LogP contribution in [-0.4, -0.2) is 52.5 Å². The van der Waals surface area contributed by atoms with Crippen LogP contribution in [0.3, 0.4) is 0 Å². The van der Waals surface area contributed by atoms with E-state index in [-0.39, 0.29) is 37.2 Å². The standard InChI is InChI=1S/C28H27BF4N3O3/c30-23-7-5-22(15-27(38)39)21(14-23)6-8-25-24(28(31,32)33)16-34-26(35-25)13-18-1-3-19(4-2-18)20-9-11-36(12-10-20)29-17-37/h1-5,7,14,16-17,20H,6,8-13,15H2,(H,38,39). The van der Waals surface area contributed by atoms with Crippen molar-refractivity contribution in [2.75, 3.05) is 13.1 Å². The molecule has 3 aromatic rings. The van der Waals surface area contributed by atoms with Gasteiger partial charge in [0.15, 0.2) is 0 Å². The second-order valence-electron chi connectivity index (χ2n) is 9.64. The van der Waals surface area contributed by atoms with Gasteiger partial charge in [0.05, 0.1) is 23.9 Å². The molecule has 2 heterocycles. The average Bonchev–Trinajstić information content (AvgIpc) is 2.89. The molecule has 0 amide bonds. The van der Waals surface area contributed by atoms with Crippen molar-refractivity contribution in [2.45, 2.75) is 50.6 Å². The lowest BCUT2D eigenvalue weighted by Crippen LogP contribution is -2.36. The monoisotopic (exact) mass is 540 g/mol. The van der Waals surface area contributed by atoms with Crippen molar-refractivity contribution in [1.29, 1.82) is 0 Å². The number of halogens is 4. The first kappa shape index (κ1) is 28.4. The van der Waals surface area contributed by atoms with E-state index in [9.17, 15) is 27.2 Å². The molecule has 39 heavy (non-hydrogen) atoms. The van der Waals surface area contributed by atoms with Gasteiger partial charge < -0.3 is 14.7 Å². The summed E-state index contributed by atoms with van der Waals surface area (Å²) in [5.74, 6) is -1.10. The van der Waals surface area contributed by atoms with Crippen molar-refractivity contribution in [2.24, 2.45) is 0 Å². The number of carboxylic acids is 1. The lowest BCUT2D eigenvalue weighted by molar-refractivity contribution is -0.139. The minimum absolute atomic E-state index is 0.00196. The molecule has 1 radical (unpaired) electrons. The highest BCUT2D eigenvalue weighted by Crippen LogP contribution is 2.32. The molecule has 1 fully saturated rings. The van der Waals surface area contributed by atoms with Gasteiger partial charge in [-0.25, -0.2) is 14.4 Å². The first-order valence-electron chi connectivity index (χ1n) is 12.6. The Kier molecular flexibility index (Phi) is 9.11. The molecule has 1 N–H and O–H groups in total. The summed E-state index contributed by atoms with van der Waals surface area (Å²) in [7, 11) is 1.56. The third kappa shape index (κ3) is 7.72. The summed E-state index contributed by atoms with van der Waals surface area (Å²) in [5.41, 5.74) is 1.52. The minimum Gasteiger partial charge on any atom is -0.481 e. The van der Waals surface area contributed by atoms with Crippen molar-refractivity contribution in [1.82, 2.24) is 14.8 Å². The van der Waals surface area contributed by atoms with Crippen LogP contribution in [0, 0.1) is 5.82 Å². The summed E-state index contributed by atoms with van der Waals surface area (Å²) >= 11 is 0. The van der Waals surface area contributed by atoms with Crippen LogP contribution in [0.4, 0.5) is 17.6 Å². The quantitative estimate of drug-likeness (QED) is 0.230. The van der Waals surface area contributed by atoms with Crippen LogP contribution in [0.5, 0.6) is 0 Å². The first-order valence-corrected chi connectivity index (χ1v) is 12.6. The fourth-order valence-electron chi connectivity index (χ4n) is 4.94. The summed E-state index contributed by atoms with van der Waals surface area (Å²) in [4.78, 5) is 32.0. The van der Waals surface area contributed by atoms with Gasteiger partial charge >= 0.3 is 12.1 Å². The molecule has 0 saturated carbocycles. The third-order valence-corrected chi connectivity index (χ3v) is 6.98. The molecule has 0 spiro atoms. The maximum absolute atomic E-state index is 13.8. The first-order chi connectivity index (χ1) is 18.6. The van der Waals surface area contributed by atoms with E-state index < -0.39 is 23.5 Å². The predicted molar refractivity (Wildman–Crippen MR) is 137 cm³/mol. The molecule has 11 heteroatoms. The molecule has 0 aliphatic carbocycles. The Balaban J connectivity index is 1.48. The molecular weight excluding hydrogens is 513 g/mol. The van der Waals surface area contributed by atoms with E-state index in [1.807, 2.05) is 29.1 Å². The molecular formula is C28H27BF4N3O3. The van der Waals surface area contributed by atoms with Crippen LogP contribution in [0.25, 0.3) is 0 Å². The number of rotatable bonds is 10. The summed E-state index contributed by atoms with van der Waals surface area (Å²) in [6.07, 6.45) is -1.52. The summed E-state index contributed by atoms with van der Waals surface area (Å²) < 4.78 is 54.9. The zero-order valence-electron chi connectivity index (χ0n) is 21.1. The van der Waals surface area contributed by atoms with E-state index in [4.69, 9.17) is 5.11 Å². The molecule has 1 aliphatic rings. The number of aromatic nitrogens is 2. The van der Waals surface area contributed by atoms with Gasteiger partial charge in [-0.05, 0) is 79.1 Å². The smallest absolute Gasteiger partial charge is 0.419 e. The largest absolute Gasteiger partial charge is 0.481 e. The van der Waals surface area contributed by atoms with Crippen molar-refractivity contribution in [3.8, 4) is 0 Å². The van der Waals surface area contributed by atoms with Crippen LogP contribution < -0.4 is 0 Å². The van der Waals surface area contributed by atoms with Gasteiger partial charge in [-0.1, -0.05) is 30.3 Å². The Morgan fingerprint density at radius 2 is 1.79 bits per heavy atom. The minimum atomic E-state index is -4.67. The van der Waals surface area contributed by atoms with Gasteiger partial charge in [0.2, 0.25) is 0 Å². The number of benzene rings is 2. The summed E-state index contributed by atoms with van der Waals surface area (Å²) in [5, 5.41) is 9.12. The van der Waals surface area contributed by atoms with Gasteiger partial charge in [-0.3, -0.25) is 4.79 Å². The molecule has 0 atom stereocenters. The number of nitrogens with zero attached hydrogens (tertiary/aromatic N) is 3. The lowest BCUT2D eigenvalue weighted by atomic mass is 9.84. The lowest BCUT2D eigenvalue weighted by Gasteiger charge is -2.30. The molecule has 203 valence electrons. The molecule has 4 rings (SSSR count). The van der Waals surface area contributed by atoms with Crippen LogP contribution in [-0.2, 0) is 41.4 Å². The number of hydrogen-bond donors (Lipinski definition) is 1. The van der Waals surface area contributed by atoms with E-state index in [0.717, 1.165) is 56.0 Å².